The van der Waals surface area contributed by atoms with Crippen LogP contribution in [0.1, 0.15) is 5.56 Å². The molecule has 4 nitrogen and oxygen atoms in total. The maximum Gasteiger partial charge on any atom is 0.235 e. The number of methoxy groups -OCH3 is 1. The van der Waals surface area contributed by atoms with Crippen LogP contribution in [-0.4, -0.2) is 18.3 Å². The second kappa shape index (κ2) is 4.91. The van der Waals surface area contributed by atoms with Crippen molar-refractivity contribution in [1.29, 1.82) is 0 Å². The summed E-state index contributed by atoms with van der Waals surface area (Å²) in [5, 5.41) is 9.43. The van der Waals surface area contributed by atoms with Gasteiger partial charge in [-0.3, -0.25) is 0 Å². The average Bonchev–Trinajstić information content (AvgIpc) is 2.21. The van der Waals surface area contributed by atoms with Crippen molar-refractivity contribution in [3.05, 3.63) is 21.9 Å². The molecule has 1 N–H and O–H groups in total. The highest BCUT2D eigenvalue weighted by atomic mass is 79.9. The van der Waals surface area contributed by atoms with Gasteiger partial charge >= 0.3 is 0 Å². The van der Waals surface area contributed by atoms with Crippen LogP contribution >= 0.6 is 15.9 Å². The SMILES string of the molecule is COc1c(O)cc(Br)c(F)c1CN=C=O. The molecule has 0 aliphatic heterocycles. The van der Waals surface area contributed by atoms with Crippen LogP contribution in [-0.2, 0) is 11.3 Å². The fourth-order valence-electron chi connectivity index (χ4n) is 1.13. The lowest BCUT2D eigenvalue weighted by molar-refractivity contribution is 0.364. The largest absolute Gasteiger partial charge is 0.504 e. The average molecular weight is 276 g/mol. The lowest BCUT2D eigenvalue weighted by Gasteiger charge is -2.10. The molecule has 0 bridgehead atoms. The van der Waals surface area contributed by atoms with E-state index in [4.69, 9.17) is 4.74 Å². The smallest absolute Gasteiger partial charge is 0.235 e. The Labute approximate surface area is 93.5 Å². The highest BCUT2D eigenvalue weighted by Crippen LogP contribution is 2.36. The van der Waals surface area contributed by atoms with E-state index in [2.05, 4.69) is 20.9 Å². The van der Waals surface area contributed by atoms with Gasteiger partial charge in [0, 0.05) is 6.07 Å². The van der Waals surface area contributed by atoms with E-state index in [1.54, 1.807) is 0 Å². The molecule has 0 heterocycles. The third-order valence-corrected chi connectivity index (χ3v) is 2.33. The number of hydrogen-bond acceptors (Lipinski definition) is 4. The molecule has 0 aliphatic carbocycles. The molecule has 0 aliphatic rings. The number of benzene rings is 1. The minimum atomic E-state index is -0.622. The maximum absolute atomic E-state index is 13.5. The predicted molar refractivity (Wildman–Crippen MR) is 54.1 cm³/mol. The fourth-order valence-corrected chi connectivity index (χ4v) is 1.58. The van der Waals surface area contributed by atoms with Crippen molar-refractivity contribution in [1.82, 2.24) is 0 Å². The van der Waals surface area contributed by atoms with Gasteiger partial charge in [0.15, 0.2) is 11.5 Å². The Morgan fingerprint density at radius 3 is 2.93 bits per heavy atom. The first kappa shape index (κ1) is 11.7. The summed E-state index contributed by atoms with van der Waals surface area (Å²) in [5.74, 6) is -0.875. The van der Waals surface area contributed by atoms with E-state index in [0.29, 0.717) is 0 Å². The molecule has 0 radical (unpaired) electrons. The number of aliphatic imine (C=N–C) groups is 1. The number of ether oxygens (including phenoxy) is 1. The zero-order chi connectivity index (χ0) is 11.4. The number of isocyanates is 1. The Morgan fingerprint density at radius 2 is 2.40 bits per heavy atom. The molecular weight excluding hydrogens is 269 g/mol. The van der Waals surface area contributed by atoms with E-state index in [1.807, 2.05) is 0 Å². The van der Waals surface area contributed by atoms with E-state index in [-0.39, 0.29) is 28.1 Å². The van der Waals surface area contributed by atoms with Crippen molar-refractivity contribution in [2.24, 2.45) is 4.99 Å². The summed E-state index contributed by atoms with van der Waals surface area (Å²) >= 11 is 2.92. The summed E-state index contributed by atoms with van der Waals surface area (Å²) in [6, 6.07) is 1.17. The van der Waals surface area contributed by atoms with E-state index in [0.717, 1.165) is 0 Å². The zero-order valence-electron chi connectivity index (χ0n) is 7.75. The molecule has 15 heavy (non-hydrogen) atoms. The number of hydrogen-bond donors (Lipinski definition) is 1. The van der Waals surface area contributed by atoms with Crippen molar-refractivity contribution in [3.63, 3.8) is 0 Å². The van der Waals surface area contributed by atoms with Crippen molar-refractivity contribution in [2.45, 2.75) is 6.54 Å². The molecule has 0 saturated heterocycles. The predicted octanol–water partition coefficient (Wildman–Crippen LogP) is 2.14. The van der Waals surface area contributed by atoms with E-state index in [9.17, 15) is 14.3 Å². The molecular formula is C9H7BrFNO3. The highest BCUT2D eigenvalue weighted by Gasteiger charge is 2.17. The van der Waals surface area contributed by atoms with Gasteiger partial charge in [0.1, 0.15) is 5.82 Å². The summed E-state index contributed by atoms with van der Waals surface area (Å²) < 4.78 is 18.4. The topological polar surface area (TPSA) is 58.9 Å². The van der Waals surface area contributed by atoms with Gasteiger partial charge in [0.05, 0.1) is 23.7 Å². The minimum absolute atomic E-state index is 0.00715. The molecule has 1 rings (SSSR count). The van der Waals surface area contributed by atoms with Gasteiger partial charge in [-0.05, 0) is 15.9 Å². The van der Waals surface area contributed by atoms with Crippen LogP contribution in [0, 0.1) is 5.82 Å². The molecule has 0 atom stereocenters. The van der Waals surface area contributed by atoms with Crippen LogP contribution in [0.3, 0.4) is 0 Å². The van der Waals surface area contributed by atoms with Crippen molar-refractivity contribution in [3.8, 4) is 11.5 Å². The Balaban J connectivity index is 3.35. The second-order valence-corrected chi connectivity index (χ2v) is 3.47. The molecule has 0 spiro atoms. The van der Waals surface area contributed by atoms with Crippen LogP contribution < -0.4 is 4.74 Å². The first-order valence-electron chi connectivity index (χ1n) is 3.89. The minimum Gasteiger partial charge on any atom is -0.504 e. The summed E-state index contributed by atoms with van der Waals surface area (Å²) in [6.07, 6.45) is 1.29. The number of phenols is 1. The van der Waals surface area contributed by atoms with Gasteiger partial charge < -0.3 is 9.84 Å². The van der Waals surface area contributed by atoms with Gasteiger partial charge in [0.25, 0.3) is 0 Å². The van der Waals surface area contributed by atoms with Gasteiger partial charge in [-0.15, -0.1) is 0 Å². The summed E-state index contributed by atoms with van der Waals surface area (Å²) in [5.41, 5.74) is 0.00715. The first-order chi connectivity index (χ1) is 7.11. The maximum atomic E-state index is 13.5. The van der Waals surface area contributed by atoms with Gasteiger partial charge in [0.2, 0.25) is 6.08 Å². The van der Waals surface area contributed by atoms with Crippen LogP contribution in [0.15, 0.2) is 15.5 Å². The zero-order valence-corrected chi connectivity index (χ0v) is 9.34. The van der Waals surface area contributed by atoms with Gasteiger partial charge in [-0.2, -0.15) is 0 Å². The number of phenolic OH excluding ortho intramolecular Hbond substituents is 1. The normalized spacial score (nSPS) is 9.53. The quantitative estimate of drug-likeness (QED) is 0.679. The molecule has 0 saturated carbocycles. The van der Waals surface area contributed by atoms with Gasteiger partial charge in [-0.1, -0.05) is 0 Å². The van der Waals surface area contributed by atoms with Gasteiger partial charge in [-0.25, -0.2) is 14.2 Å². The van der Waals surface area contributed by atoms with E-state index in [1.165, 1.54) is 19.3 Å². The van der Waals surface area contributed by atoms with Crippen molar-refractivity contribution >= 4 is 22.0 Å². The molecule has 0 fully saturated rings. The van der Waals surface area contributed by atoms with E-state index < -0.39 is 5.82 Å². The Morgan fingerprint density at radius 1 is 1.73 bits per heavy atom. The lowest BCUT2D eigenvalue weighted by atomic mass is 10.1. The second-order valence-electron chi connectivity index (χ2n) is 2.61. The molecule has 80 valence electrons. The molecule has 0 aromatic heterocycles. The monoisotopic (exact) mass is 275 g/mol. The number of aromatic hydroxyl groups is 1. The number of carbonyl (C=O) groups excluding carboxylic acids is 1. The lowest BCUT2D eigenvalue weighted by Crippen LogP contribution is -1.96. The molecule has 0 unspecified atom stereocenters. The standard InChI is InChI=1S/C9H7BrFNO3/c1-15-9-5(3-12-4-13)8(11)6(10)2-7(9)14/h2,14H,3H2,1H3. The number of halogens is 2. The Kier molecular flexibility index (Phi) is 3.82. The molecule has 1 aromatic rings. The van der Waals surface area contributed by atoms with Crippen LogP contribution in [0.5, 0.6) is 11.5 Å². The summed E-state index contributed by atoms with van der Waals surface area (Å²) in [7, 11) is 1.29. The number of nitrogens with zero attached hydrogens (tertiary/aromatic N) is 1. The molecule has 1 aromatic carbocycles. The Hall–Kier alpha value is -1.39. The third kappa shape index (κ3) is 2.34. The fraction of sp³-hybridized carbons (Fsp3) is 0.222. The Bertz CT molecular complexity index is 430. The van der Waals surface area contributed by atoms with Crippen LogP contribution in [0.2, 0.25) is 0 Å². The summed E-state index contributed by atoms with van der Waals surface area (Å²) in [4.78, 5) is 13.2. The van der Waals surface area contributed by atoms with Crippen LogP contribution in [0.4, 0.5) is 4.39 Å². The third-order valence-electron chi connectivity index (χ3n) is 1.75. The highest BCUT2D eigenvalue weighted by molar-refractivity contribution is 9.10. The molecule has 6 heteroatoms. The van der Waals surface area contributed by atoms with E-state index >= 15 is 0 Å². The van der Waals surface area contributed by atoms with Crippen molar-refractivity contribution < 1.29 is 19.0 Å². The molecule has 0 amide bonds. The first-order valence-corrected chi connectivity index (χ1v) is 4.68. The van der Waals surface area contributed by atoms with Crippen molar-refractivity contribution in [2.75, 3.05) is 7.11 Å². The number of rotatable bonds is 3. The summed E-state index contributed by atoms with van der Waals surface area (Å²) in [6.45, 7) is -0.231. The van der Waals surface area contributed by atoms with Crippen LogP contribution in [0.25, 0.3) is 0 Å².